The fourth-order valence-electron chi connectivity index (χ4n) is 1.93. The van der Waals surface area contributed by atoms with Gasteiger partial charge in [0, 0.05) is 24.5 Å². The molecule has 3 amide bonds. The van der Waals surface area contributed by atoms with Crippen molar-refractivity contribution in [3.63, 3.8) is 0 Å². The molecular weight excluding hydrogens is 328 g/mol. The molecule has 1 rings (SSSR count). The second kappa shape index (κ2) is 9.48. The first-order valence-corrected chi connectivity index (χ1v) is 8.75. The van der Waals surface area contributed by atoms with E-state index in [1.807, 2.05) is 25.5 Å². The summed E-state index contributed by atoms with van der Waals surface area (Å²) in [4.78, 5) is 26.6. The molecule has 0 aromatic carbocycles. The van der Waals surface area contributed by atoms with Crippen molar-refractivity contribution in [1.82, 2.24) is 20.9 Å². The van der Waals surface area contributed by atoms with Crippen molar-refractivity contribution in [2.75, 3.05) is 33.7 Å². The molecule has 0 saturated carbocycles. The number of rotatable bonds is 7. The lowest BCUT2D eigenvalue weighted by molar-refractivity contribution is 0.0528. The summed E-state index contributed by atoms with van der Waals surface area (Å²) < 4.78 is 5.11. The lowest BCUT2D eigenvalue weighted by atomic mass is 10.2. The number of carbonyl (C=O) groups excluding carboxylic acids is 2. The van der Waals surface area contributed by atoms with Gasteiger partial charge in [-0.25, -0.2) is 9.59 Å². The van der Waals surface area contributed by atoms with Gasteiger partial charge in [-0.2, -0.15) is 0 Å². The molecule has 0 aliphatic heterocycles. The predicted molar refractivity (Wildman–Crippen MR) is 96.4 cm³/mol. The van der Waals surface area contributed by atoms with Gasteiger partial charge in [0.2, 0.25) is 0 Å². The van der Waals surface area contributed by atoms with Crippen LogP contribution in [0.2, 0.25) is 0 Å². The van der Waals surface area contributed by atoms with E-state index >= 15 is 0 Å². The average molecular weight is 356 g/mol. The number of amides is 3. The van der Waals surface area contributed by atoms with E-state index in [1.54, 1.807) is 32.1 Å². The molecule has 136 valence electrons. The maximum absolute atomic E-state index is 11.8. The molecule has 1 unspecified atom stereocenters. The molecule has 3 N–H and O–H groups in total. The average Bonchev–Trinajstić information content (AvgIpc) is 2.95. The fourth-order valence-corrected chi connectivity index (χ4v) is 2.85. The molecule has 8 heteroatoms. The Kier molecular flexibility index (Phi) is 8.00. The Bertz CT molecular complexity index is 512. The van der Waals surface area contributed by atoms with Crippen molar-refractivity contribution in [2.45, 2.75) is 32.4 Å². The molecule has 0 fully saturated rings. The van der Waals surface area contributed by atoms with Crippen molar-refractivity contribution in [3.8, 4) is 0 Å². The number of alkyl carbamates (subject to hydrolysis) is 1. The molecular formula is C16H28N4O3S. The lowest BCUT2D eigenvalue weighted by Gasteiger charge is -2.23. The first-order valence-electron chi connectivity index (χ1n) is 7.87. The normalized spacial score (nSPS) is 12.6. The second-order valence-electron chi connectivity index (χ2n) is 6.56. The zero-order valence-electron chi connectivity index (χ0n) is 15.0. The van der Waals surface area contributed by atoms with E-state index < -0.39 is 11.7 Å². The summed E-state index contributed by atoms with van der Waals surface area (Å²) >= 11 is 1.67. The Morgan fingerprint density at radius 2 is 1.88 bits per heavy atom. The van der Waals surface area contributed by atoms with E-state index in [2.05, 4.69) is 26.9 Å². The largest absolute Gasteiger partial charge is 0.444 e. The first-order chi connectivity index (χ1) is 11.2. The summed E-state index contributed by atoms with van der Waals surface area (Å²) in [6.45, 7) is 6.55. The molecule has 1 aromatic rings. The lowest BCUT2D eigenvalue weighted by Crippen LogP contribution is -2.43. The van der Waals surface area contributed by atoms with Crippen LogP contribution in [-0.2, 0) is 4.74 Å². The van der Waals surface area contributed by atoms with Gasteiger partial charge in [0.05, 0.1) is 6.04 Å². The van der Waals surface area contributed by atoms with E-state index in [9.17, 15) is 9.59 Å². The minimum Gasteiger partial charge on any atom is -0.444 e. The molecule has 1 heterocycles. The topological polar surface area (TPSA) is 82.7 Å². The van der Waals surface area contributed by atoms with Gasteiger partial charge in [0.1, 0.15) is 5.60 Å². The Labute approximate surface area is 147 Å². The standard InChI is InChI=1S/C16H28N4O3S/c1-16(2,3)23-15(22)18-9-8-17-14(21)19-11-12(20(4)5)13-7-6-10-24-13/h6-7,10,12H,8-9,11H2,1-5H3,(H,18,22)(H2,17,19,21). The molecule has 0 spiro atoms. The van der Waals surface area contributed by atoms with Crippen LogP contribution in [0.15, 0.2) is 17.5 Å². The smallest absolute Gasteiger partial charge is 0.407 e. The van der Waals surface area contributed by atoms with Gasteiger partial charge in [-0.1, -0.05) is 6.07 Å². The van der Waals surface area contributed by atoms with Gasteiger partial charge in [-0.05, 0) is 46.3 Å². The Morgan fingerprint density at radius 1 is 1.21 bits per heavy atom. The van der Waals surface area contributed by atoms with E-state index in [4.69, 9.17) is 4.74 Å². The SMILES string of the molecule is CN(C)C(CNC(=O)NCCNC(=O)OC(C)(C)C)c1cccs1. The van der Waals surface area contributed by atoms with Crippen LogP contribution in [-0.4, -0.2) is 56.4 Å². The zero-order chi connectivity index (χ0) is 18.2. The molecule has 0 radical (unpaired) electrons. The third kappa shape index (κ3) is 8.16. The van der Waals surface area contributed by atoms with E-state index in [0.717, 1.165) is 0 Å². The highest BCUT2D eigenvalue weighted by Gasteiger charge is 2.17. The number of nitrogens with zero attached hydrogens (tertiary/aromatic N) is 1. The van der Waals surface area contributed by atoms with Crippen LogP contribution in [0.5, 0.6) is 0 Å². The van der Waals surface area contributed by atoms with Gasteiger partial charge < -0.3 is 25.6 Å². The van der Waals surface area contributed by atoms with Crippen LogP contribution in [0.3, 0.4) is 0 Å². The van der Waals surface area contributed by atoms with Gasteiger partial charge in [0.15, 0.2) is 0 Å². The minimum absolute atomic E-state index is 0.135. The van der Waals surface area contributed by atoms with Crippen molar-refractivity contribution < 1.29 is 14.3 Å². The molecule has 0 aliphatic carbocycles. The van der Waals surface area contributed by atoms with Gasteiger partial charge >= 0.3 is 12.1 Å². The maximum atomic E-state index is 11.8. The Hall–Kier alpha value is -1.80. The quantitative estimate of drug-likeness (QED) is 0.654. The summed E-state index contributed by atoms with van der Waals surface area (Å²) in [5, 5.41) is 10.2. The first kappa shape index (κ1) is 20.2. The monoisotopic (exact) mass is 356 g/mol. The van der Waals surface area contributed by atoms with Crippen molar-refractivity contribution in [1.29, 1.82) is 0 Å². The molecule has 1 atom stereocenters. The second-order valence-corrected chi connectivity index (χ2v) is 7.54. The summed E-state index contributed by atoms with van der Waals surface area (Å²) in [5.74, 6) is 0. The van der Waals surface area contributed by atoms with Crippen LogP contribution in [0.25, 0.3) is 0 Å². The van der Waals surface area contributed by atoms with Crippen LogP contribution in [0.4, 0.5) is 9.59 Å². The van der Waals surface area contributed by atoms with E-state index in [1.165, 1.54) is 4.88 Å². The number of hydrogen-bond acceptors (Lipinski definition) is 5. The van der Waals surface area contributed by atoms with Gasteiger partial charge in [0.25, 0.3) is 0 Å². The highest BCUT2D eigenvalue weighted by Crippen LogP contribution is 2.22. The van der Waals surface area contributed by atoms with E-state index in [-0.39, 0.29) is 12.1 Å². The fraction of sp³-hybridized carbons (Fsp3) is 0.625. The van der Waals surface area contributed by atoms with Crippen LogP contribution >= 0.6 is 11.3 Å². The predicted octanol–water partition coefficient (Wildman–Crippen LogP) is 2.17. The Morgan fingerprint density at radius 3 is 2.42 bits per heavy atom. The number of hydrogen-bond donors (Lipinski definition) is 3. The molecule has 1 aromatic heterocycles. The number of thiophene rings is 1. The third-order valence-corrected chi connectivity index (χ3v) is 4.00. The number of nitrogens with one attached hydrogen (secondary N) is 3. The zero-order valence-corrected chi connectivity index (χ0v) is 15.8. The number of carbonyl (C=O) groups is 2. The van der Waals surface area contributed by atoms with E-state index in [0.29, 0.717) is 19.6 Å². The summed E-state index contributed by atoms with van der Waals surface area (Å²) in [6, 6.07) is 3.93. The minimum atomic E-state index is -0.530. The van der Waals surface area contributed by atoms with Crippen LogP contribution in [0, 0.1) is 0 Å². The van der Waals surface area contributed by atoms with Crippen LogP contribution < -0.4 is 16.0 Å². The number of urea groups is 1. The third-order valence-electron chi connectivity index (χ3n) is 3.03. The van der Waals surface area contributed by atoms with Gasteiger partial charge in [-0.3, -0.25) is 0 Å². The van der Waals surface area contributed by atoms with Crippen LogP contribution in [0.1, 0.15) is 31.7 Å². The van der Waals surface area contributed by atoms with Gasteiger partial charge in [-0.15, -0.1) is 11.3 Å². The summed E-state index contributed by atoms with van der Waals surface area (Å²) in [7, 11) is 3.96. The summed E-state index contributed by atoms with van der Waals surface area (Å²) in [5.41, 5.74) is -0.530. The molecule has 0 saturated heterocycles. The summed E-state index contributed by atoms with van der Waals surface area (Å²) in [6.07, 6.45) is -0.491. The number of likely N-dealkylation sites (N-methyl/N-ethyl adjacent to an activating group) is 1. The van der Waals surface area contributed by atoms with Crippen molar-refractivity contribution >= 4 is 23.5 Å². The van der Waals surface area contributed by atoms with Crippen molar-refractivity contribution in [3.05, 3.63) is 22.4 Å². The highest BCUT2D eigenvalue weighted by molar-refractivity contribution is 7.10. The number of ether oxygens (including phenoxy) is 1. The van der Waals surface area contributed by atoms with Crippen molar-refractivity contribution in [2.24, 2.45) is 0 Å². The molecule has 0 aliphatic rings. The molecule has 24 heavy (non-hydrogen) atoms. The molecule has 7 nitrogen and oxygen atoms in total. The molecule has 0 bridgehead atoms. The highest BCUT2D eigenvalue weighted by atomic mass is 32.1. The maximum Gasteiger partial charge on any atom is 0.407 e. The Balaban J connectivity index is 2.23.